The van der Waals surface area contributed by atoms with Crippen LogP contribution in [0.3, 0.4) is 0 Å². The highest BCUT2D eigenvalue weighted by Gasteiger charge is 1.96. The Morgan fingerprint density at radius 2 is 1.35 bits per heavy atom. The van der Waals surface area contributed by atoms with Gasteiger partial charge in [0.15, 0.2) is 5.78 Å². The topological polar surface area (TPSA) is 17.1 Å². The van der Waals surface area contributed by atoms with E-state index in [9.17, 15) is 4.79 Å². The van der Waals surface area contributed by atoms with Crippen molar-refractivity contribution in [3.63, 3.8) is 0 Å². The van der Waals surface area contributed by atoms with Crippen molar-refractivity contribution in [2.24, 2.45) is 0 Å². The molecule has 0 aromatic heterocycles. The Labute approximate surface area is 108 Å². The summed E-state index contributed by atoms with van der Waals surface area (Å²) in [5, 5.41) is 0. The van der Waals surface area contributed by atoms with E-state index >= 15 is 0 Å². The summed E-state index contributed by atoms with van der Waals surface area (Å²) in [5.74, 6) is 0.301. The predicted octanol–water partition coefficient (Wildman–Crippen LogP) is 5.44. The Morgan fingerprint density at radius 3 is 1.88 bits per heavy atom. The van der Waals surface area contributed by atoms with Crippen LogP contribution in [0.5, 0.6) is 0 Å². The molecule has 0 atom stereocenters. The molecular weight excluding hydrogens is 208 g/mol. The van der Waals surface area contributed by atoms with Crippen molar-refractivity contribution < 1.29 is 4.79 Å². The van der Waals surface area contributed by atoms with Gasteiger partial charge in [-0.25, -0.2) is 0 Å². The molecule has 1 nitrogen and oxygen atoms in total. The van der Waals surface area contributed by atoms with Crippen LogP contribution in [0.2, 0.25) is 0 Å². The maximum atomic E-state index is 11.3. The van der Waals surface area contributed by atoms with Gasteiger partial charge in [-0.2, -0.15) is 0 Å². The molecule has 0 aliphatic carbocycles. The molecule has 0 amide bonds. The molecule has 0 saturated heterocycles. The second kappa shape index (κ2) is 13.5. The minimum atomic E-state index is 0.301. The molecule has 0 radical (unpaired) electrons. The standard InChI is InChI=1S/C16H30O/c1-3-5-7-8-9-10-11-12-13-15-16(17)14-6-4-2/h6,14H,3-5,7-13,15H2,1-2H3. The van der Waals surface area contributed by atoms with Crippen LogP contribution in [-0.2, 0) is 4.79 Å². The Kier molecular flexibility index (Phi) is 13.0. The summed E-state index contributed by atoms with van der Waals surface area (Å²) in [7, 11) is 0. The van der Waals surface area contributed by atoms with E-state index in [1.807, 2.05) is 6.08 Å². The second-order valence-corrected chi connectivity index (χ2v) is 4.86. The molecule has 0 heterocycles. The summed E-state index contributed by atoms with van der Waals surface area (Å²) in [6, 6.07) is 0. The van der Waals surface area contributed by atoms with Gasteiger partial charge in [0.25, 0.3) is 0 Å². The number of rotatable bonds is 12. The van der Waals surface area contributed by atoms with Gasteiger partial charge in [-0.15, -0.1) is 0 Å². The number of hydrogen-bond donors (Lipinski definition) is 0. The molecule has 1 heteroatoms. The molecule has 0 bridgehead atoms. The summed E-state index contributed by atoms with van der Waals surface area (Å²) < 4.78 is 0. The number of ketones is 1. The van der Waals surface area contributed by atoms with E-state index in [-0.39, 0.29) is 0 Å². The SMILES string of the molecule is CCC=CC(=O)CCCCCCCCCCC. The summed E-state index contributed by atoms with van der Waals surface area (Å²) in [4.78, 5) is 11.3. The molecule has 0 aromatic rings. The molecule has 0 aromatic carbocycles. The third kappa shape index (κ3) is 13.3. The van der Waals surface area contributed by atoms with E-state index < -0.39 is 0 Å². The summed E-state index contributed by atoms with van der Waals surface area (Å²) >= 11 is 0. The number of allylic oxidation sites excluding steroid dienone is 2. The fourth-order valence-corrected chi connectivity index (χ4v) is 1.94. The number of carbonyl (C=O) groups excluding carboxylic acids is 1. The summed E-state index contributed by atoms with van der Waals surface area (Å²) in [5.41, 5.74) is 0. The van der Waals surface area contributed by atoms with E-state index in [0.717, 1.165) is 19.3 Å². The van der Waals surface area contributed by atoms with Crippen molar-refractivity contribution in [1.82, 2.24) is 0 Å². The van der Waals surface area contributed by atoms with E-state index in [2.05, 4.69) is 13.8 Å². The third-order valence-corrected chi connectivity index (χ3v) is 3.07. The van der Waals surface area contributed by atoms with Crippen LogP contribution < -0.4 is 0 Å². The van der Waals surface area contributed by atoms with Gasteiger partial charge >= 0.3 is 0 Å². The van der Waals surface area contributed by atoms with Crippen LogP contribution in [0.15, 0.2) is 12.2 Å². The Morgan fingerprint density at radius 1 is 0.824 bits per heavy atom. The predicted molar refractivity (Wildman–Crippen MR) is 76.3 cm³/mol. The number of unbranched alkanes of at least 4 members (excludes halogenated alkanes) is 8. The zero-order valence-electron chi connectivity index (χ0n) is 11.8. The first kappa shape index (κ1) is 16.4. The van der Waals surface area contributed by atoms with Crippen LogP contribution in [0, 0.1) is 0 Å². The van der Waals surface area contributed by atoms with Crippen LogP contribution in [0.4, 0.5) is 0 Å². The first-order valence-electron chi connectivity index (χ1n) is 7.50. The quantitative estimate of drug-likeness (QED) is 0.327. The molecular formula is C16H30O. The summed E-state index contributed by atoms with van der Waals surface area (Å²) in [6.45, 7) is 4.31. The van der Waals surface area contributed by atoms with Gasteiger partial charge in [0.2, 0.25) is 0 Å². The second-order valence-electron chi connectivity index (χ2n) is 4.86. The van der Waals surface area contributed by atoms with Crippen molar-refractivity contribution in [3.05, 3.63) is 12.2 Å². The first-order valence-corrected chi connectivity index (χ1v) is 7.50. The van der Waals surface area contributed by atoms with E-state index in [1.54, 1.807) is 6.08 Å². The highest BCUT2D eigenvalue weighted by atomic mass is 16.1. The fourth-order valence-electron chi connectivity index (χ4n) is 1.94. The maximum Gasteiger partial charge on any atom is 0.155 e. The lowest BCUT2D eigenvalue weighted by molar-refractivity contribution is -0.114. The molecule has 0 saturated carbocycles. The minimum Gasteiger partial charge on any atom is -0.295 e. The highest BCUT2D eigenvalue weighted by Crippen LogP contribution is 2.10. The lowest BCUT2D eigenvalue weighted by Gasteiger charge is -2.00. The van der Waals surface area contributed by atoms with Gasteiger partial charge in [-0.05, 0) is 18.9 Å². The van der Waals surface area contributed by atoms with Gasteiger partial charge < -0.3 is 0 Å². The Balaban J connectivity index is 3.13. The number of carbonyl (C=O) groups is 1. The van der Waals surface area contributed by atoms with Crippen molar-refractivity contribution in [3.8, 4) is 0 Å². The fraction of sp³-hybridized carbons (Fsp3) is 0.812. The molecule has 0 N–H and O–H groups in total. The van der Waals surface area contributed by atoms with Crippen LogP contribution >= 0.6 is 0 Å². The summed E-state index contributed by atoms with van der Waals surface area (Å²) in [6.07, 6.45) is 17.2. The van der Waals surface area contributed by atoms with E-state index in [4.69, 9.17) is 0 Å². The van der Waals surface area contributed by atoms with Crippen molar-refractivity contribution in [2.75, 3.05) is 0 Å². The maximum absolute atomic E-state index is 11.3. The Hall–Kier alpha value is -0.590. The van der Waals surface area contributed by atoms with E-state index in [0.29, 0.717) is 5.78 Å². The highest BCUT2D eigenvalue weighted by molar-refractivity contribution is 5.89. The Bertz CT molecular complexity index is 194. The average molecular weight is 238 g/mol. The molecule has 100 valence electrons. The molecule has 0 aliphatic rings. The third-order valence-electron chi connectivity index (χ3n) is 3.07. The van der Waals surface area contributed by atoms with Gasteiger partial charge in [-0.1, -0.05) is 71.3 Å². The molecule has 0 rings (SSSR count). The zero-order valence-corrected chi connectivity index (χ0v) is 11.8. The smallest absolute Gasteiger partial charge is 0.155 e. The first-order chi connectivity index (χ1) is 8.31. The largest absolute Gasteiger partial charge is 0.295 e. The van der Waals surface area contributed by atoms with Crippen molar-refractivity contribution >= 4 is 5.78 Å². The van der Waals surface area contributed by atoms with E-state index in [1.165, 1.54) is 51.4 Å². The molecule has 0 aliphatic heterocycles. The number of hydrogen-bond acceptors (Lipinski definition) is 1. The molecule has 17 heavy (non-hydrogen) atoms. The van der Waals surface area contributed by atoms with Crippen LogP contribution in [0.25, 0.3) is 0 Å². The van der Waals surface area contributed by atoms with Crippen molar-refractivity contribution in [2.45, 2.75) is 84.5 Å². The van der Waals surface area contributed by atoms with Crippen molar-refractivity contribution in [1.29, 1.82) is 0 Å². The minimum absolute atomic E-state index is 0.301. The van der Waals surface area contributed by atoms with Crippen LogP contribution in [-0.4, -0.2) is 5.78 Å². The normalized spacial score (nSPS) is 11.2. The lowest BCUT2D eigenvalue weighted by Crippen LogP contribution is -1.92. The van der Waals surface area contributed by atoms with Gasteiger partial charge in [-0.3, -0.25) is 4.79 Å². The van der Waals surface area contributed by atoms with Crippen LogP contribution in [0.1, 0.15) is 84.5 Å². The monoisotopic (exact) mass is 238 g/mol. The lowest BCUT2D eigenvalue weighted by atomic mass is 10.1. The zero-order chi connectivity index (χ0) is 12.8. The van der Waals surface area contributed by atoms with Gasteiger partial charge in [0.1, 0.15) is 0 Å². The molecule has 0 unspecified atom stereocenters. The van der Waals surface area contributed by atoms with Gasteiger partial charge in [0, 0.05) is 6.42 Å². The molecule has 0 fully saturated rings. The molecule has 0 spiro atoms. The van der Waals surface area contributed by atoms with Gasteiger partial charge in [0.05, 0.1) is 0 Å². The average Bonchev–Trinajstić information content (AvgIpc) is 2.34.